The predicted octanol–water partition coefficient (Wildman–Crippen LogP) is 0.595. The molecule has 2 atom stereocenters. The second-order valence-electron chi connectivity index (χ2n) is 3.95. The summed E-state index contributed by atoms with van der Waals surface area (Å²) < 4.78 is 29.3. The average molecular weight is 208 g/mol. The van der Waals surface area contributed by atoms with Crippen molar-refractivity contribution in [2.24, 2.45) is 11.7 Å². The van der Waals surface area contributed by atoms with Gasteiger partial charge in [-0.1, -0.05) is 0 Å². The number of hydrogen-bond acceptors (Lipinski definition) is 3. The van der Waals surface area contributed by atoms with Crippen LogP contribution in [-0.4, -0.2) is 38.3 Å². The van der Waals surface area contributed by atoms with E-state index in [0.717, 1.165) is 6.42 Å². The van der Waals surface area contributed by atoms with Gasteiger partial charge in [-0.15, -0.1) is 0 Å². The van der Waals surface area contributed by atoms with Crippen LogP contribution in [0.25, 0.3) is 0 Å². The molecule has 2 unspecified atom stereocenters. The largest absolute Gasteiger partial charge is 0.381 e. The lowest BCUT2D eigenvalue weighted by atomic mass is 9.85. The summed E-state index contributed by atoms with van der Waals surface area (Å²) in [5.74, 6) is 0.242. The highest BCUT2D eigenvalue weighted by molar-refractivity contribution is 4.93. The van der Waals surface area contributed by atoms with Crippen LogP contribution in [0.15, 0.2) is 0 Å². The fourth-order valence-corrected chi connectivity index (χ4v) is 1.73. The van der Waals surface area contributed by atoms with Crippen LogP contribution in [0.1, 0.15) is 13.3 Å². The van der Waals surface area contributed by atoms with Crippen molar-refractivity contribution in [2.45, 2.75) is 25.3 Å². The zero-order valence-electron chi connectivity index (χ0n) is 8.43. The fraction of sp³-hybridized carbons (Fsp3) is 1.00. The quantitative estimate of drug-likeness (QED) is 0.695. The van der Waals surface area contributed by atoms with Gasteiger partial charge < -0.3 is 15.8 Å². The molecule has 1 rings (SSSR count). The zero-order chi connectivity index (χ0) is 10.6. The van der Waals surface area contributed by atoms with Crippen LogP contribution in [0.5, 0.6) is 0 Å². The van der Waals surface area contributed by atoms with E-state index < -0.39 is 12.0 Å². The third kappa shape index (κ3) is 2.87. The van der Waals surface area contributed by atoms with Crippen LogP contribution in [0.3, 0.4) is 0 Å². The van der Waals surface area contributed by atoms with Crippen LogP contribution in [-0.2, 0) is 4.74 Å². The molecule has 0 aromatic rings. The molecular formula is C9H18F2N2O. The van der Waals surface area contributed by atoms with E-state index in [1.54, 1.807) is 0 Å². The van der Waals surface area contributed by atoms with Crippen molar-refractivity contribution in [3.05, 3.63) is 0 Å². The maximum Gasteiger partial charge on any atom is 0.250 e. The Morgan fingerprint density at radius 1 is 1.64 bits per heavy atom. The van der Waals surface area contributed by atoms with E-state index >= 15 is 0 Å². The number of halogens is 2. The topological polar surface area (TPSA) is 47.3 Å². The summed E-state index contributed by atoms with van der Waals surface area (Å²) >= 11 is 0. The molecule has 1 fully saturated rings. The lowest BCUT2D eigenvalue weighted by Gasteiger charge is -2.34. The molecule has 3 nitrogen and oxygen atoms in total. The molecule has 0 spiro atoms. The second kappa shape index (κ2) is 5.00. The fourth-order valence-electron chi connectivity index (χ4n) is 1.73. The van der Waals surface area contributed by atoms with Crippen molar-refractivity contribution in [1.82, 2.24) is 5.32 Å². The van der Waals surface area contributed by atoms with Gasteiger partial charge in [-0.2, -0.15) is 0 Å². The molecule has 0 aromatic carbocycles. The van der Waals surface area contributed by atoms with E-state index in [1.807, 2.05) is 6.92 Å². The van der Waals surface area contributed by atoms with Gasteiger partial charge >= 0.3 is 0 Å². The second-order valence-corrected chi connectivity index (χ2v) is 3.95. The minimum atomic E-state index is -2.33. The minimum absolute atomic E-state index is 0.242. The third-order valence-corrected chi connectivity index (χ3v) is 2.91. The van der Waals surface area contributed by atoms with Crippen LogP contribution < -0.4 is 11.1 Å². The summed E-state index contributed by atoms with van der Waals surface area (Å²) in [4.78, 5) is 0. The SMILES string of the molecule is CC(CN)(NCC(F)F)C1CCOC1. The number of nitrogens with two attached hydrogens (primary N) is 1. The molecule has 1 aliphatic heterocycles. The first-order valence-corrected chi connectivity index (χ1v) is 4.89. The Labute approximate surface area is 83.0 Å². The normalized spacial score (nSPS) is 26.8. The smallest absolute Gasteiger partial charge is 0.250 e. The number of nitrogens with one attached hydrogen (secondary N) is 1. The number of hydrogen-bond donors (Lipinski definition) is 2. The first-order chi connectivity index (χ1) is 6.58. The Bertz CT molecular complexity index is 174. The summed E-state index contributed by atoms with van der Waals surface area (Å²) in [7, 11) is 0. The van der Waals surface area contributed by atoms with Crippen molar-refractivity contribution >= 4 is 0 Å². The van der Waals surface area contributed by atoms with Crippen molar-refractivity contribution in [3.63, 3.8) is 0 Å². The maximum atomic E-state index is 12.1. The molecule has 0 saturated carbocycles. The Hall–Kier alpha value is -0.260. The maximum absolute atomic E-state index is 12.1. The van der Waals surface area contributed by atoms with Gasteiger partial charge in [0.15, 0.2) is 0 Å². The van der Waals surface area contributed by atoms with Crippen LogP contribution >= 0.6 is 0 Å². The van der Waals surface area contributed by atoms with Gasteiger partial charge in [0, 0.05) is 24.6 Å². The zero-order valence-corrected chi connectivity index (χ0v) is 8.43. The van der Waals surface area contributed by atoms with E-state index in [1.165, 1.54) is 0 Å². The molecule has 1 heterocycles. The van der Waals surface area contributed by atoms with Gasteiger partial charge in [-0.3, -0.25) is 0 Å². The first kappa shape index (κ1) is 11.8. The molecule has 84 valence electrons. The van der Waals surface area contributed by atoms with Crippen LogP contribution in [0.2, 0.25) is 0 Å². The van der Waals surface area contributed by atoms with E-state index in [4.69, 9.17) is 10.5 Å². The highest BCUT2D eigenvalue weighted by atomic mass is 19.3. The summed E-state index contributed by atoms with van der Waals surface area (Å²) in [5.41, 5.74) is 5.19. The van der Waals surface area contributed by atoms with Gasteiger partial charge in [0.25, 0.3) is 6.43 Å². The summed E-state index contributed by atoms with van der Waals surface area (Å²) in [6.07, 6.45) is -1.44. The Balaban J connectivity index is 2.46. The summed E-state index contributed by atoms with van der Waals surface area (Å²) in [6, 6.07) is 0. The van der Waals surface area contributed by atoms with Crippen molar-refractivity contribution in [3.8, 4) is 0 Å². The molecule has 0 amide bonds. The number of alkyl halides is 2. The van der Waals surface area contributed by atoms with Gasteiger partial charge in [0.2, 0.25) is 0 Å². The molecule has 1 aliphatic rings. The van der Waals surface area contributed by atoms with Gasteiger partial charge in [0.05, 0.1) is 13.2 Å². The summed E-state index contributed by atoms with van der Waals surface area (Å²) in [5, 5.41) is 2.83. The Kier molecular flexibility index (Phi) is 4.22. The molecule has 0 radical (unpaired) electrons. The van der Waals surface area contributed by atoms with Crippen molar-refractivity contribution in [2.75, 3.05) is 26.3 Å². The molecule has 5 heteroatoms. The van der Waals surface area contributed by atoms with Gasteiger partial charge in [0.1, 0.15) is 0 Å². The monoisotopic (exact) mass is 208 g/mol. The van der Waals surface area contributed by atoms with Gasteiger partial charge in [-0.05, 0) is 13.3 Å². The predicted molar refractivity (Wildman–Crippen MR) is 50.4 cm³/mol. The third-order valence-electron chi connectivity index (χ3n) is 2.91. The minimum Gasteiger partial charge on any atom is -0.381 e. The highest BCUT2D eigenvalue weighted by Gasteiger charge is 2.35. The lowest BCUT2D eigenvalue weighted by Crippen LogP contribution is -2.55. The van der Waals surface area contributed by atoms with E-state index in [2.05, 4.69) is 5.32 Å². The molecule has 14 heavy (non-hydrogen) atoms. The Morgan fingerprint density at radius 3 is 2.79 bits per heavy atom. The molecule has 3 N–H and O–H groups in total. The van der Waals surface area contributed by atoms with Crippen molar-refractivity contribution < 1.29 is 13.5 Å². The van der Waals surface area contributed by atoms with Crippen molar-refractivity contribution in [1.29, 1.82) is 0 Å². The molecule has 0 aliphatic carbocycles. The van der Waals surface area contributed by atoms with Crippen LogP contribution in [0.4, 0.5) is 8.78 Å². The van der Waals surface area contributed by atoms with Crippen LogP contribution in [0, 0.1) is 5.92 Å². The average Bonchev–Trinajstić information content (AvgIpc) is 2.67. The number of ether oxygens (including phenoxy) is 1. The standard InChI is InChI=1S/C9H18F2N2O/c1-9(6-12,13-4-8(10)11)7-2-3-14-5-7/h7-8,13H,2-6,12H2,1H3. The summed E-state index contributed by atoms with van der Waals surface area (Å²) in [6.45, 7) is 3.26. The van der Waals surface area contributed by atoms with E-state index in [9.17, 15) is 8.78 Å². The Morgan fingerprint density at radius 2 is 2.36 bits per heavy atom. The van der Waals surface area contributed by atoms with E-state index in [-0.39, 0.29) is 12.5 Å². The first-order valence-electron chi connectivity index (χ1n) is 4.89. The molecular weight excluding hydrogens is 190 g/mol. The van der Waals surface area contributed by atoms with E-state index in [0.29, 0.717) is 19.8 Å². The molecule has 1 saturated heterocycles. The van der Waals surface area contributed by atoms with Gasteiger partial charge in [-0.25, -0.2) is 8.78 Å². The highest BCUT2D eigenvalue weighted by Crippen LogP contribution is 2.25. The lowest BCUT2D eigenvalue weighted by molar-refractivity contribution is 0.110. The molecule has 0 bridgehead atoms. The molecule has 0 aromatic heterocycles. The number of rotatable bonds is 5.